The summed E-state index contributed by atoms with van der Waals surface area (Å²) in [5, 5.41) is 9.76. The first kappa shape index (κ1) is 22.1. The summed E-state index contributed by atoms with van der Waals surface area (Å²) in [6.45, 7) is 10.8. The van der Waals surface area contributed by atoms with Crippen LogP contribution in [0, 0.1) is 6.92 Å². The van der Waals surface area contributed by atoms with E-state index in [0.29, 0.717) is 44.7 Å². The van der Waals surface area contributed by atoms with E-state index in [1.165, 1.54) is 4.90 Å². The van der Waals surface area contributed by atoms with Gasteiger partial charge in [0.15, 0.2) is 0 Å². The molecule has 0 unspecified atom stereocenters. The monoisotopic (exact) mass is 419 g/mol. The molecule has 30 heavy (non-hydrogen) atoms. The summed E-state index contributed by atoms with van der Waals surface area (Å²) in [5.74, 6) is 0.565. The lowest BCUT2D eigenvalue weighted by molar-refractivity contribution is -0.140. The molecule has 3 heterocycles. The fraction of sp³-hybridized carbons (Fsp3) is 0.714. The van der Waals surface area contributed by atoms with E-state index >= 15 is 0 Å². The maximum Gasteiger partial charge on any atom is 0.408 e. The number of rotatable bonds is 5. The van der Waals surface area contributed by atoms with Gasteiger partial charge >= 0.3 is 12.1 Å². The number of carbonyl (C=O) groups excluding carboxylic acids is 2. The molecule has 1 atom stereocenters. The van der Waals surface area contributed by atoms with Crippen LogP contribution in [0.2, 0.25) is 0 Å². The second-order valence-corrected chi connectivity index (χ2v) is 9.23. The lowest BCUT2D eigenvalue weighted by Crippen LogP contribution is -2.59. The van der Waals surface area contributed by atoms with Crippen molar-refractivity contribution in [3.8, 4) is 0 Å². The minimum absolute atomic E-state index is 0.0431. The highest BCUT2D eigenvalue weighted by Crippen LogP contribution is 2.28. The second-order valence-electron chi connectivity index (χ2n) is 9.23. The lowest BCUT2D eigenvalue weighted by Gasteiger charge is -2.43. The summed E-state index contributed by atoms with van der Waals surface area (Å²) in [7, 11) is 0. The Kier molecular flexibility index (Phi) is 6.10. The van der Waals surface area contributed by atoms with E-state index in [2.05, 4.69) is 4.98 Å². The zero-order valence-corrected chi connectivity index (χ0v) is 18.6. The average Bonchev–Trinajstić information content (AvgIpc) is 3.19. The highest BCUT2D eigenvalue weighted by Gasteiger charge is 2.41. The maximum absolute atomic E-state index is 13.3. The molecule has 1 aromatic rings. The van der Waals surface area contributed by atoms with E-state index in [4.69, 9.17) is 0 Å². The van der Waals surface area contributed by atoms with E-state index in [1.807, 2.05) is 39.5 Å². The summed E-state index contributed by atoms with van der Waals surface area (Å²) < 4.78 is 1.66. The number of nitrogens with zero attached hydrogens (tertiary/aromatic N) is 5. The molecule has 0 aliphatic carbocycles. The van der Waals surface area contributed by atoms with Crippen LogP contribution in [0.15, 0.2) is 6.20 Å². The smallest absolute Gasteiger partial charge is 0.408 e. The standard InChI is InChI=1S/C21H33N5O4/c1-6-7-17(26(20(29)30)21(3,4)5)18(27)23-10-8-15(9-11-23)24-13-16-12-22-14(2)25(16)19(24)28/h12,15,17H,6-11,13H2,1-5H3,(H,29,30)/t17-/m1/s1. The lowest BCUT2D eigenvalue weighted by atomic mass is 9.98. The number of carboxylic acid groups (broad SMARTS) is 1. The predicted molar refractivity (Wildman–Crippen MR) is 111 cm³/mol. The molecule has 9 nitrogen and oxygen atoms in total. The Morgan fingerprint density at radius 1 is 1.30 bits per heavy atom. The van der Waals surface area contributed by atoms with Crippen molar-refractivity contribution < 1.29 is 19.5 Å². The van der Waals surface area contributed by atoms with Gasteiger partial charge in [-0.2, -0.15) is 0 Å². The Bertz CT molecular complexity index is 820. The predicted octanol–water partition coefficient (Wildman–Crippen LogP) is 2.91. The first-order chi connectivity index (χ1) is 14.1. The molecule has 0 spiro atoms. The van der Waals surface area contributed by atoms with Gasteiger partial charge in [-0.15, -0.1) is 0 Å². The van der Waals surface area contributed by atoms with Crippen LogP contribution < -0.4 is 0 Å². The summed E-state index contributed by atoms with van der Waals surface area (Å²) in [4.78, 5) is 47.1. The average molecular weight is 420 g/mol. The van der Waals surface area contributed by atoms with Crippen molar-refractivity contribution in [1.82, 2.24) is 24.3 Å². The second kappa shape index (κ2) is 8.28. The van der Waals surface area contributed by atoms with Crippen molar-refractivity contribution in [2.24, 2.45) is 0 Å². The molecular formula is C21H33N5O4. The van der Waals surface area contributed by atoms with Crippen LogP contribution in [-0.4, -0.2) is 78.1 Å². The van der Waals surface area contributed by atoms with Gasteiger partial charge in [0.05, 0.1) is 18.4 Å². The first-order valence-electron chi connectivity index (χ1n) is 10.7. The number of carbonyl (C=O) groups is 3. The number of aromatic nitrogens is 2. The van der Waals surface area contributed by atoms with Gasteiger partial charge in [0.2, 0.25) is 5.91 Å². The van der Waals surface area contributed by atoms with E-state index < -0.39 is 17.7 Å². The quantitative estimate of drug-likeness (QED) is 0.791. The normalized spacial score (nSPS) is 18.5. The molecule has 1 N–H and O–H groups in total. The highest BCUT2D eigenvalue weighted by atomic mass is 16.4. The Balaban J connectivity index is 1.67. The number of piperidine rings is 1. The van der Waals surface area contributed by atoms with Gasteiger partial charge in [-0.1, -0.05) is 13.3 Å². The van der Waals surface area contributed by atoms with E-state index in [1.54, 1.807) is 15.7 Å². The summed E-state index contributed by atoms with van der Waals surface area (Å²) in [6, 6.07) is -0.658. The number of imidazole rings is 1. The number of aryl methyl sites for hydroxylation is 1. The van der Waals surface area contributed by atoms with Crippen molar-refractivity contribution in [2.45, 2.75) is 84.5 Å². The van der Waals surface area contributed by atoms with E-state index in [9.17, 15) is 19.5 Å². The molecule has 9 heteroatoms. The molecule has 3 amide bonds. The summed E-state index contributed by atoms with van der Waals surface area (Å²) in [5.41, 5.74) is 0.238. The molecule has 166 valence electrons. The molecule has 0 radical (unpaired) electrons. The molecule has 0 aromatic carbocycles. The van der Waals surface area contributed by atoms with Crippen molar-refractivity contribution >= 4 is 18.0 Å². The van der Waals surface area contributed by atoms with Gasteiger partial charge in [0.25, 0.3) is 0 Å². The largest absolute Gasteiger partial charge is 0.465 e. The van der Waals surface area contributed by atoms with Gasteiger partial charge in [-0.25, -0.2) is 14.6 Å². The molecule has 1 saturated heterocycles. The van der Waals surface area contributed by atoms with Gasteiger partial charge in [0.1, 0.15) is 11.9 Å². The van der Waals surface area contributed by atoms with E-state index in [-0.39, 0.29) is 18.0 Å². The zero-order valence-electron chi connectivity index (χ0n) is 18.6. The molecule has 1 aromatic heterocycles. The number of amides is 3. The van der Waals surface area contributed by atoms with E-state index in [0.717, 1.165) is 12.1 Å². The Labute approximate surface area is 177 Å². The summed E-state index contributed by atoms with van der Waals surface area (Å²) >= 11 is 0. The van der Waals surface area contributed by atoms with Crippen LogP contribution in [0.4, 0.5) is 9.59 Å². The van der Waals surface area contributed by atoms with Crippen LogP contribution in [0.1, 0.15) is 64.9 Å². The van der Waals surface area contributed by atoms with Crippen molar-refractivity contribution in [1.29, 1.82) is 0 Å². The van der Waals surface area contributed by atoms with Gasteiger partial charge in [0, 0.05) is 24.7 Å². The van der Waals surface area contributed by atoms with Gasteiger partial charge in [-0.05, 0) is 47.0 Å². The Morgan fingerprint density at radius 2 is 1.93 bits per heavy atom. The summed E-state index contributed by atoms with van der Waals surface area (Å²) in [6.07, 6.45) is 3.27. The Morgan fingerprint density at radius 3 is 2.43 bits per heavy atom. The SMILES string of the molecule is CCC[C@H](C(=O)N1CCC(N2Cc3cnc(C)n3C2=O)CC1)N(C(=O)O)C(C)(C)C. The van der Waals surface area contributed by atoms with Crippen LogP contribution >= 0.6 is 0 Å². The van der Waals surface area contributed by atoms with Gasteiger partial charge in [-0.3, -0.25) is 14.3 Å². The van der Waals surface area contributed by atoms with Gasteiger partial charge < -0.3 is 14.9 Å². The van der Waals surface area contributed by atoms with Crippen LogP contribution in [-0.2, 0) is 11.3 Å². The number of hydrogen-bond donors (Lipinski definition) is 1. The van der Waals surface area contributed by atoms with Crippen LogP contribution in [0.5, 0.6) is 0 Å². The molecular weight excluding hydrogens is 386 g/mol. The molecule has 0 bridgehead atoms. The topological polar surface area (TPSA) is 99.0 Å². The van der Waals surface area contributed by atoms with Crippen molar-refractivity contribution in [2.75, 3.05) is 13.1 Å². The minimum Gasteiger partial charge on any atom is -0.465 e. The molecule has 1 fully saturated rings. The maximum atomic E-state index is 13.3. The molecule has 2 aliphatic heterocycles. The fourth-order valence-electron chi connectivity index (χ4n) is 4.65. The third-order valence-electron chi connectivity index (χ3n) is 6.09. The molecule has 3 rings (SSSR count). The minimum atomic E-state index is -1.07. The third kappa shape index (κ3) is 4.02. The van der Waals surface area contributed by atoms with Crippen LogP contribution in [0.25, 0.3) is 0 Å². The first-order valence-corrected chi connectivity index (χ1v) is 10.7. The van der Waals surface area contributed by atoms with Crippen molar-refractivity contribution in [3.63, 3.8) is 0 Å². The van der Waals surface area contributed by atoms with Crippen molar-refractivity contribution in [3.05, 3.63) is 17.7 Å². The third-order valence-corrected chi connectivity index (χ3v) is 6.09. The highest BCUT2D eigenvalue weighted by molar-refractivity contribution is 5.86. The number of hydrogen-bond acceptors (Lipinski definition) is 4. The zero-order chi connectivity index (χ0) is 22.2. The van der Waals surface area contributed by atoms with Crippen LogP contribution in [0.3, 0.4) is 0 Å². The Hall–Kier alpha value is -2.58. The number of fused-ring (bicyclic) bond motifs is 1. The fourth-order valence-corrected chi connectivity index (χ4v) is 4.65. The molecule has 2 aliphatic rings. The number of likely N-dealkylation sites (tertiary alicyclic amines) is 1. The molecule has 0 saturated carbocycles.